The van der Waals surface area contributed by atoms with Crippen LogP contribution in [0.15, 0.2) is 18.2 Å². The maximum Gasteiger partial charge on any atom is 0.138 e. The van der Waals surface area contributed by atoms with Crippen molar-refractivity contribution in [3.05, 3.63) is 34.3 Å². The van der Waals surface area contributed by atoms with Crippen molar-refractivity contribution in [2.75, 3.05) is 33.7 Å². The van der Waals surface area contributed by atoms with E-state index in [1.165, 1.54) is 0 Å². The Morgan fingerprint density at radius 3 is 2.80 bits per heavy atom. The number of ketones is 1. The second-order valence-electron chi connectivity index (χ2n) is 5.91. The number of carbonyl (C=O) groups excluding carboxylic acids is 1. The summed E-state index contributed by atoms with van der Waals surface area (Å²) in [6.45, 7) is 5.07. The number of aryl methyl sites for hydroxylation is 1. The summed E-state index contributed by atoms with van der Waals surface area (Å²) in [6, 6.07) is 6.22. The van der Waals surface area contributed by atoms with Crippen LogP contribution in [0, 0.1) is 6.92 Å². The molecule has 1 fully saturated rings. The third-order valence-electron chi connectivity index (χ3n) is 4.04. The fourth-order valence-corrected chi connectivity index (χ4v) is 2.97. The lowest BCUT2D eigenvalue weighted by Gasteiger charge is -2.37. The highest BCUT2D eigenvalue weighted by Crippen LogP contribution is 2.19. The zero-order chi connectivity index (χ0) is 14.7. The van der Waals surface area contributed by atoms with Gasteiger partial charge in [0.15, 0.2) is 0 Å². The van der Waals surface area contributed by atoms with Crippen molar-refractivity contribution in [3.8, 4) is 0 Å². The van der Waals surface area contributed by atoms with Crippen molar-refractivity contribution in [2.24, 2.45) is 0 Å². The largest absolute Gasteiger partial charge is 0.304 e. The van der Waals surface area contributed by atoms with E-state index in [2.05, 4.69) is 23.9 Å². The van der Waals surface area contributed by atoms with Crippen LogP contribution in [-0.4, -0.2) is 55.4 Å². The molecule has 1 aliphatic rings. The Kier molecular flexibility index (Phi) is 5.19. The zero-order valence-corrected chi connectivity index (χ0v) is 13.3. The molecule has 0 N–H and O–H groups in total. The quantitative estimate of drug-likeness (QED) is 0.852. The van der Waals surface area contributed by atoms with Gasteiger partial charge in [0.25, 0.3) is 0 Å². The predicted molar refractivity (Wildman–Crippen MR) is 83.4 cm³/mol. The van der Waals surface area contributed by atoms with Gasteiger partial charge in [-0.25, -0.2) is 0 Å². The average Bonchev–Trinajstić information content (AvgIpc) is 2.37. The van der Waals surface area contributed by atoms with Crippen molar-refractivity contribution in [1.29, 1.82) is 0 Å². The monoisotopic (exact) mass is 294 g/mol. The van der Waals surface area contributed by atoms with Gasteiger partial charge in [-0.2, -0.15) is 0 Å². The molecule has 1 unspecified atom stereocenters. The fourth-order valence-electron chi connectivity index (χ4n) is 2.66. The van der Waals surface area contributed by atoms with Gasteiger partial charge in [-0.1, -0.05) is 23.7 Å². The van der Waals surface area contributed by atoms with E-state index in [0.29, 0.717) is 23.9 Å². The first-order chi connectivity index (χ1) is 9.45. The molecule has 0 amide bonds. The smallest absolute Gasteiger partial charge is 0.138 e. The number of rotatable bonds is 4. The van der Waals surface area contributed by atoms with E-state index in [4.69, 9.17) is 11.6 Å². The Labute approximate surface area is 126 Å². The van der Waals surface area contributed by atoms with E-state index in [1.807, 2.05) is 25.1 Å². The Bertz CT molecular complexity index is 489. The van der Waals surface area contributed by atoms with E-state index in [9.17, 15) is 4.79 Å². The number of nitrogens with zero attached hydrogens (tertiary/aromatic N) is 2. The molecule has 1 aromatic rings. The highest BCUT2D eigenvalue weighted by atomic mass is 35.5. The van der Waals surface area contributed by atoms with Crippen LogP contribution in [0.4, 0.5) is 0 Å². The molecule has 0 saturated carbocycles. The first-order valence-corrected chi connectivity index (χ1v) is 7.49. The Hall–Kier alpha value is -0.900. The minimum absolute atomic E-state index is 0.267. The predicted octanol–water partition coefficient (Wildman–Crippen LogP) is 2.40. The molecule has 2 rings (SSSR count). The molecule has 1 atom stereocenters. The molecule has 4 heteroatoms. The van der Waals surface area contributed by atoms with Crippen molar-refractivity contribution >= 4 is 17.4 Å². The molecule has 0 spiro atoms. The van der Waals surface area contributed by atoms with Gasteiger partial charge in [0, 0.05) is 43.5 Å². The number of halogens is 1. The minimum Gasteiger partial charge on any atom is -0.304 e. The molecular formula is C16H23ClN2O. The summed E-state index contributed by atoms with van der Waals surface area (Å²) in [7, 11) is 4.21. The Morgan fingerprint density at radius 2 is 2.10 bits per heavy atom. The third kappa shape index (κ3) is 4.05. The molecule has 0 aromatic heterocycles. The minimum atomic E-state index is 0.267. The molecular weight excluding hydrogens is 272 g/mol. The Balaban J connectivity index is 1.94. The van der Waals surface area contributed by atoms with Crippen molar-refractivity contribution in [2.45, 2.75) is 25.8 Å². The normalized spacial score (nSPS) is 21.1. The van der Waals surface area contributed by atoms with Crippen LogP contribution in [0.25, 0.3) is 0 Å². The molecule has 1 saturated heterocycles. The summed E-state index contributed by atoms with van der Waals surface area (Å²) in [4.78, 5) is 16.8. The van der Waals surface area contributed by atoms with Gasteiger partial charge >= 0.3 is 0 Å². The van der Waals surface area contributed by atoms with Gasteiger partial charge in [0.2, 0.25) is 0 Å². The van der Waals surface area contributed by atoms with Crippen LogP contribution in [0.1, 0.15) is 17.5 Å². The second-order valence-corrected chi connectivity index (χ2v) is 6.32. The first kappa shape index (κ1) is 15.5. The van der Waals surface area contributed by atoms with E-state index in [0.717, 1.165) is 30.8 Å². The molecule has 1 heterocycles. The van der Waals surface area contributed by atoms with Crippen LogP contribution in [0.2, 0.25) is 5.02 Å². The van der Waals surface area contributed by atoms with Crippen LogP contribution < -0.4 is 0 Å². The average molecular weight is 295 g/mol. The van der Waals surface area contributed by atoms with Crippen LogP contribution in [0.3, 0.4) is 0 Å². The second kappa shape index (κ2) is 6.70. The lowest BCUT2D eigenvalue weighted by Crippen LogP contribution is -2.50. The highest BCUT2D eigenvalue weighted by molar-refractivity contribution is 6.31. The summed E-state index contributed by atoms with van der Waals surface area (Å²) in [5, 5.41) is 0.701. The fraction of sp³-hybridized carbons (Fsp3) is 0.562. The summed E-state index contributed by atoms with van der Waals surface area (Å²) in [6.07, 6.45) is 1.04. The van der Waals surface area contributed by atoms with E-state index >= 15 is 0 Å². The molecule has 110 valence electrons. The topological polar surface area (TPSA) is 23.6 Å². The summed E-state index contributed by atoms with van der Waals surface area (Å²) < 4.78 is 0. The van der Waals surface area contributed by atoms with Gasteiger partial charge in [0.05, 0.1) is 0 Å². The summed E-state index contributed by atoms with van der Waals surface area (Å²) >= 11 is 6.20. The number of hydrogen-bond donors (Lipinski definition) is 0. The van der Waals surface area contributed by atoms with Gasteiger partial charge in [-0.3, -0.25) is 4.79 Å². The summed E-state index contributed by atoms with van der Waals surface area (Å²) in [5.41, 5.74) is 2.06. The van der Waals surface area contributed by atoms with E-state index in [1.54, 1.807) is 0 Å². The number of Topliss-reactive ketones (excluding diaryl/α,β-unsaturated/α-hetero) is 1. The number of hydrogen-bond acceptors (Lipinski definition) is 3. The molecule has 20 heavy (non-hydrogen) atoms. The summed E-state index contributed by atoms with van der Waals surface area (Å²) in [5.74, 6) is 0.267. The van der Waals surface area contributed by atoms with Crippen LogP contribution >= 0.6 is 11.6 Å². The molecule has 0 aliphatic carbocycles. The van der Waals surface area contributed by atoms with Gasteiger partial charge < -0.3 is 9.80 Å². The lowest BCUT2D eigenvalue weighted by atomic mass is 10.0. The molecule has 0 radical (unpaired) electrons. The zero-order valence-electron chi connectivity index (χ0n) is 12.5. The van der Waals surface area contributed by atoms with Crippen molar-refractivity contribution in [3.63, 3.8) is 0 Å². The first-order valence-electron chi connectivity index (χ1n) is 7.11. The molecule has 0 bridgehead atoms. The standard InChI is InChI=1S/C16H23ClN2O/c1-12-4-5-13(16(17)8-12)9-15(20)10-14-11-18(2)6-7-19(14)3/h4-5,8,14H,6-7,9-11H2,1-3H3. The van der Waals surface area contributed by atoms with Gasteiger partial charge in [-0.05, 0) is 38.2 Å². The maximum atomic E-state index is 12.3. The number of benzene rings is 1. The third-order valence-corrected chi connectivity index (χ3v) is 4.39. The molecule has 1 aliphatic heterocycles. The highest BCUT2D eigenvalue weighted by Gasteiger charge is 2.24. The van der Waals surface area contributed by atoms with E-state index < -0.39 is 0 Å². The van der Waals surface area contributed by atoms with Gasteiger partial charge in [-0.15, -0.1) is 0 Å². The number of carbonyl (C=O) groups is 1. The SMILES string of the molecule is Cc1ccc(CC(=O)CC2CN(C)CCN2C)c(Cl)c1. The number of likely N-dealkylation sites (N-methyl/N-ethyl adjacent to an activating group) is 2. The van der Waals surface area contributed by atoms with E-state index in [-0.39, 0.29) is 5.78 Å². The molecule has 3 nitrogen and oxygen atoms in total. The Morgan fingerprint density at radius 1 is 1.35 bits per heavy atom. The van der Waals surface area contributed by atoms with Crippen molar-refractivity contribution in [1.82, 2.24) is 9.80 Å². The van der Waals surface area contributed by atoms with Gasteiger partial charge in [0.1, 0.15) is 5.78 Å². The van der Waals surface area contributed by atoms with Crippen molar-refractivity contribution < 1.29 is 4.79 Å². The lowest BCUT2D eigenvalue weighted by molar-refractivity contribution is -0.120. The van der Waals surface area contributed by atoms with Crippen LogP contribution in [0.5, 0.6) is 0 Å². The molecule has 1 aromatic carbocycles. The van der Waals surface area contributed by atoms with Crippen LogP contribution in [-0.2, 0) is 11.2 Å². The maximum absolute atomic E-state index is 12.3. The number of piperazine rings is 1.